The number of carbonyl (C=O) groups is 1. The second-order valence-electron chi connectivity index (χ2n) is 1.80. The quantitative estimate of drug-likeness (QED) is 0.655. The highest BCUT2D eigenvalue weighted by Gasteiger charge is 2.19. The third-order valence-corrected chi connectivity index (χ3v) is 1.94. The van der Waals surface area contributed by atoms with Crippen LogP contribution in [0.15, 0.2) is 11.6 Å². The van der Waals surface area contributed by atoms with Gasteiger partial charge in [0.1, 0.15) is 5.01 Å². The number of rotatable bonds is 2. The van der Waals surface area contributed by atoms with E-state index in [1.54, 1.807) is 5.38 Å². The fourth-order valence-electron chi connectivity index (χ4n) is 0.582. The molecule has 0 aliphatic heterocycles. The van der Waals surface area contributed by atoms with Crippen molar-refractivity contribution in [1.29, 1.82) is 0 Å². The second-order valence-corrected chi connectivity index (χ2v) is 2.72. The van der Waals surface area contributed by atoms with Crippen LogP contribution in [0.2, 0.25) is 0 Å². The van der Waals surface area contributed by atoms with Gasteiger partial charge in [-0.3, -0.25) is 0 Å². The highest BCUT2D eigenvalue weighted by atomic mass is 32.1. The summed E-state index contributed by atoms with van der Waals surface area (Å²) < 4.78 is 4.31. The van der Waals surface area contributed by atoms with Gasteiger partial charge in [0, 0.05) is 11.6 Å². The molecule has 1 heterocycles. The van der Waals surface area contributed by atoms with Gasteiger partial charge in [0.25, 0.3) is 0 Å². The second kappa shape index (κ2) is 3.45. The number of carbonyl (C=O) groups excluding carboxylic acids is 1. The topological polar surface area (TPSA) is 59.4 Å². The first kappa shape index (κ1) is 8.16. The molecule has 0 saturated heterocycles. The Balaban J connectivity index is 2.70. The van der Waals surface area contributed by atoms with E-state index in [1.807, 2.05) is 0 Å². The van der Waals surface area contributed by atoms with Gasteiger partial charge in [-0.05, 0) is 0 Å². The largest absolute Gasteiger partial charge is 0.467 e. The maximum absolute atomic E-state index is 10.7. The minimum absolute atomic E-state index is 0.358. The fraction of sp³-hybridized carbons (Fsp3) is 0.333. The van der Waals surface area contributed by atoms with E-state index in [1.165, 1.54) is 24.6 Å². The normalized spacial score (nSPS) is 12.5. The van der Waals surface area contributed by atoms with Crippen LogP contribution in [0.25, 0.3) is 0 Å². The molecular weight excluding hydrogens is 166 g/mol. The van der Waals surface area contributed by atoms with E-state index in [2.05, 4.69) is 9.72 Å². The molecule has 0 bridgehead atoms. The van der Waals surface area contributed by atoms with Gasteiger partial charge < -0.3 is 9.84 Å². The molecule has 1 aromatic rings. The van der Waals surface area contributed by atoms with Gasteiger partial charge in [-0.2, -0.15) is 0 Å². The van der Waals surface area contributed by atoms with E-state index in [-0.39, 0.29) is 0 Å². The number of hydrogen-bond acceptors (Lipinski definition) is 5. The van der Waals surface area contributed by atoms with Crippen LogP contribution in [0.5, 0.6) is 0 Å². The lowest BCUT2D eigenvalue weighted by molar-refractivity contribution is -0.150. The molecule has 0 saturated carbocycles. The molecule has 5 heteroatoms. The van der Waals surface area contributed by atoms with Gasteiger partial charge in [-0.1, -0.05) is 0 Å². The average Bonchev–Trinajstić information content (AvgIpc) is 2.53. The summed E-state index contributed by atoms with van der Waals surface area (Å²) in [5.41, 5.74) is 0. The van der Waals surface area contributed by atoms with Crippen LogP contribution in [0.4, 0.5) is 0 Å². The Morgan fingerprint density at radius 1 is 1.91 bits per heavy atom. The standard InChI is InChI=1S/C6H7NO3S/c1-10-6(9)4(8)5-7-2-3-11-5/h2-4,8H,1H3. The first-order chi connectivity index (χ1) is 5.25. The number of ether oxygens (including phenoxy) is 1. The van der Waals surface area contributed by atoms with Crippen molar-refractivity contribution in [3.63, 3.8) is 0 Å². The summed E-state index contributed by atoms with van der Waals surface area (Å²) in [4.78, 5) is 14.5. The molecule has 1 aromatic heterocycles. The first-order valence-corrected chi connectivity index (χ1v) is 3.79. The van der Waals surface area contributed by atoms with Crippen LogP contribution in [0.1, 0.15) is 11.1 Å². The third-order valence-electron chi connectivity index (χ3n) is 1.11. The van der Waals surface area contributed by atoms with Crippen molar-refractivity contribution in [3.8, 4) is 0 Å². The summed E-state index contributed by atoms with van der Waals surface area (Å²) in [6, 6.07) is 0. The summed E-state index contributed by atoms with van der Waals surface area (Å²) in [6.07, 6.45) is 0.284. The molecule has 60 valence electrons. The number of methoxy groups -OCH3 is 1. The molecule has 1 atom stereocenters. The lowest BCUT2D eigenvalue weighted by atomic mass is 10.4. The number of thiazole rings is 1. The number of esters is 1. The van der Waals surface area contributed by atoms with Crippen molar-refractivity contribution >= 4 is 17.3 Å². The molecule has 11 heavy (non-hydrogen) atoms. The van der Waals surface area contributed by atoms with Crippen LogP contribution in [-0.4, -0.2) is 23.2 Å². The van der Waals surface area contributed by atoms with Crippen LogP contribution in [-0.2, 0) is 9.53 Å². The van der Waals surface area contributed by atoms with Crippen molar-refractivity contribution < 1.29 is 14.6 Å². The van der Waals surface area contributed by atoms with Crippen molar-refractivity contribution in [2.75, 3.05) is 7.11 Å². The zero-order chi connectivity index (χ0) is 8.27. The molecule has 0 aromatic carbocycles. The minimum atomic E-state index is -1.24. The van der Waals surface area contributed by atoms with Crippen LogP contribution in [0, 0.1) is 0 Å². The van der Waals surface area contributed by atoms with Crippen molar-refractivity contribution in [3.05, 3.63) is 16.6 Å². The van der Waals surface area contributed by atoms with E-state index < -0.39 is 12.1 Å². The Morgan fingerprint density at radius 3 is 3.09 bits per heavy atom. The van der Waals surface area contributed by atoms with Gasteiger partial charge >= 0.3 is 5.97 Å². The molecule has 0 fully saturated rings. The van der Waals surface area contributed by atoms with E-state index >= 15 is 0 Å². The Bertz CT molecular complexity index is 234. The smallest absolute Gasteiger partial charge is 0.341 e. The lowest BCUT2D eigenvalue weighted by Gasteiger charge is -2.02. The summed E-state index contributed by atoms with van der Waals surface area (Å²) in [5.74, 6) is -0.681. The summed E-state index contributed by atoms with van der Waals surface area (Å²) in [6.45, 7) is 0. The molecule has 1 N–H and O–H groups in total. The zero-order valence-electron chi connectivity index (χ0n) is 5.85. The van der Waals surface area contributed by atoms with Crippen LogP contribution < -0.4 is 0 Å². The number of hydrogen-bond donors (Lipinski definition) is 1. The number of aliphatic hydroxyl groups excluding tert-OH is 1. The van der Waals surface area contributed by atoms with E-state index in [0.29, 0.717) is 5.01 Å². The van der Waals surface area contributed by atoms with Gasteiger partial charge in [0.2, 0.25) is 6.10 Å². The van der Waals surface area contributed by atoms with Crippen LogP contribution >= 0.6 is 11.3 Å². The predicted molar refractivity (Wildman–Crippen MR) is 39.1 cm³/mol. The molecule has 0 aliphatic rings. The number of aromatic nitrogens is 1. The average molecular weight is 173 g/mol. The molecule has 1 unspecified atom stereocenters. The molecule has 0 spiro atoms. The fourth-order valence-corrected chi connectivity index (χ4v) is 1.19. The van der Waals surface area contributed by atoms with Crippen LogP contribution in [0.3, 0.4) is 0 Å². The van der Waals surface area contributed by atoms with Crippen molar-refractivity contribution in [1.82, 2.24) is 4.98 Å². The Kier molecular flexibility index (Phi) is 2.56. The van der Waals surface area contributed by atoms with Crippen molar-refractivity contribution in [2.45, 2.75) is 6.10 Å². The summed E-state index contributed by atoms with van der Waals surface area (Å²) in [5, 5.41) is 11.2. The predicted octanol–water partition coefficient (Wildman–Crippen LogP) is 0.349. The third kappa shape index (κ3) is 1.75. The minimum Gasteiger partial charge on any atom is -0.467 e. The molecular formula is C6H7NO3S. The maximum Gasteiger partial charge on any atom is 0.341 e. The molecule has 4 nitrogen and oxygen atoms in total. The zero-order valence-corrected chi connectivity index (χ0v) is 6.67. The SMILES string of the molecule is COC(=O)C(O)c1nccs1. The monoisotopic (exact) mass is 173 g/mol. The van der Waals surface area contributed by atoms with Gasteiger partial charge in [-0.25, -0.2) is 9.78 Å². The van der Waals surface area contributed by atoms with E-state index in [4.69, 9.17) is 5.11 Å². The Labute approximate surface area is 67.5 Å². The molecule has 0 aliphatic carbocycles. The Hall–Kier alpha value is -0.940. The molecule has 0 amide bonds. The van der Waals surface area contributed by atoms with Gasteiger partial charge in [0.05, 0.1) is 7.11 Å². The molecule has 0 radical (unpaired) electrons. The van der Waals surface area contributed by atoms with E-state index in [0.717, 1.165) is 0 Å². The number of aliphatic hydroxyl groups is 1. The highest BCUT2D eigenvalue weighted by molar-refractivity contribution is 7.09. The first-order valence-electron chi connectivity index (χ1n) is 2.91. The Morgan fingerprint density at radius 2 is 2.64 bits per heavy atom. The summed E-state index contributed by atoms with van der Waals surface area (Å²) in [7, 11) is 1.22. The molecule has 1 rings (SSSR count). The summed E-state index contributed by atoms with van der Waals surface area (Å²) >= 11 is 1.21. The van der Waals surface area contributed by atoms with Crippen molar-refractivity contribution in [2.24, 2.45) is 0 Å². The maximum atomic E-state index is 10.7. The number of nitrogens with zero attached hydrogens (tertiary/aromatic N) is 1. The van der Waals surface area contributed by atoms with E-state index in [9.17, 15) is 4.79 Å². The van der Waals surface area contributed by atoms with Gasteiger partial charge in [0.15, 0.2) is 0 Å². The van der Waals surface area contributed by atoms with Gasteiger partial charge in [-0.15, -0.1) is 11.3 Å². The highest BCUT2D eigenvalue weighted by Crippen LogP contribution is 2.15. The lowest BCUT2D eigenvalue weighted by Crippen LogP contribution is -2.12.